The Morgan fingerprint density at radius 2 is 1.76 bits per heavy atom. The van der Waals surface area contributed by atoms with Gasteiger partial charge in [-0.2, -0.15) is 0 Å². The Morgan fingerprint density at radius 1 is 1.05 bits per heavy atom. The van der Waals surface area contributed by atoms with Gasteiger partial charge >= 0.3 is 0 Å². The molecule has 2 atom stereocenters. The Hall–Kier alpha value is -3.52. The van der Waals surface area contributed by atoms with Crippen LogP contribution in [0, 0.1) is 0 Å². The van der Waals surface area contributed by atoms with Crippen LogP contribution in [0.25, 0.3) is 0 Å². The lowest BCUT2D eigenvalue weighted by Crippen LogP contribution is -2.49. The molecule has 0 N–H and O–H groups in total. The van der Waals surface area contributed by atoms with Crippen molar-refractivity contribution >= 4 is 23.2 Å². The average molecular weight is 523 g/mol. The number of carbonyl (C=O) groups excluding carboxylic acids is 2. The maximum Gasteiger partial charge on any atom is 0.254 e. The Kier molecular flexibility index (Phi) is 8.71. The van der Waals surface area contributed by atoms with E-state index in [2.05, 4.69) is 11.4 Å². The maximum absolute atomic E-state index is 13.8. The van der Waals surface area contributed by atoms with Crippen LogP contribution in [-0.2, 0) is 11.2 Å². The first-order chi connectivity index (χ1) is 17.9. The predicted molar refractivity (Wildman–Crippen MR) is 145 cm³/mol. The number of nitrogens with zero attached hydrogens (tertiary/aromatic N) is 2. The van der Waals surface area contributed by atoms with Crippen LogP contribution in [0.4, 0.5) is 0 Å². The molecule has 0 spiro atoms. The van der Waals surface area contributed by atoms with Crippen LogP contribution >= 0.6 is 11.3 Å². The molecule has 2 heterocycles. The fourth-order valence-electron chi connectivity index (χ4n) is 4.55. The van der Waals surface area contributed by atoms with E-state index in [1.54, 1.807) is 54.7 Å². The summed E-state index contributed by atoms with van der Waals surface area (Å²) in [5.74, 6) is 1.73. The molecule has 0 fully saturated rings. The number of ether oxygens (including phenoxy) is 3. The summed E-state index contributed by atoms with van der Waals surface area (Å²) in [6.07, 6.45) is 1.53. The molecule has 7 nitrogen and oxygen atoms in total. The van der Waals surface area contributed by atoms with Gasteiger partial charge in [0.2, 0.25) is 5.91 Å². The number of hydrogen-bond donors (Lipinski definition) is 0. The molecule has 1 aliphatic rings. The van der Waals surface area contributed by atoms with Crippen LogP contribution in [0.2, 0.25) is 0 Å². The van der Waals surface area contributed by atoms with Crippen LogP contribution in [0.15, 0.2) is 60.0 Å². The van der Waals surface area contributed by atoms with E-state index in [9.17, 15) is 9.59 Å². The van der Waals surface area contributed by atoms with Gasteiger partial charge in [-0.15, -0.1) is 11.3 Å². The van der Waals surface area contributed by atoms with E-state index < -0.39 is 0 Å². The molecular formula is C29H34N2O5S. The first kappa shape index (κ1) is 26.5. The van der Waals surface area contributed by atoms with Crippen LogP contribution in [0.1, 0.15) is 47.1 Å². The van der Waals surface area contributed by atoms with Crippen molar-refractivity contribution in [3.63, 3.8) is 0 Å². The Balaban J connectivity index is 1.55. The van der Waals surface area contributed by atoms with E-state index in [1.165, 1.54) is 4.88 Å². The molecule has 2 amide bonds. The van der Waals surface area contributed by atoms with Crippen molar-refractivity contribution in [2.75, 3.05) is 33.9 Å². The number of carbonyl (C=O) groups is 2. The van der Waals surface area contributed by atoms with E-state index >= 15 is 0 Å². The van der Waals surface area contributed by atoms with Gasteiger partial charge in [0.1, 0.15) is 30.4 Å². The summed E-state index contributed by atoms with van der Waals surface area (Å²) in [6, 6.07) is 16.3. The minimum atomic E-state index is -0.237. The molecule has 0 radical (unpaired) electrons. The third-order valence-corrected chi connectivity index (χ3v) is 7.87. The second-order valence-corrected chi connectivity index (χ2v) is 10.1. The SMILES string of the molecule is CC[C@H](C)N(CC(=O)N1CCc2sccc2[C@H]1COc1cccc(OC)c1)C(=O)c1cccc(OC)c1. The molecule has 196 valence electrons. The zero-order valence-corrected chi connectivity index (χ0v) is 22.6. The van der Waals surface area contributed by atoms with E-state index in [0.29, 0.717) is 36.0 Å². The van der Waals surface area contributed by atoms with Gasteiger partial charge in [0, 0.05) is 29.1 Å². The molecule has 2 aromatic carbocycles. The monoisotopic (exact) mass is 522 g/mol. The maximum atomic E-state index is 13.8. The lowest BCUT2D eigenvalue weighted by Gasteiger charge is -2.38. The summed E-state index contributed by atoms with van der Waals surface area (Å²) < 4.78 is 16.8. The van der Waals surface area contributed by atoms with Gasteiger partial charge in [0.05, 0.1) is 20.3 Å². The highest BCUT2D eigenvalue weighted by molar-refractivity contribution is 7.10. The topological polar surface area (TPSA) is 68.3 Å². The molecule has 1 aromatic heterocycles. The Bertz CT molecular complexity index is 1230. The van der Waals surface area contributed by atoms with Gasteiger partial charge in [0.15, 0.2) is 0 Å². The molecule has 0 bridgehead atoms. The quantitative estimate of drug-likeness (QED) is 0.366. The standard InChI is InChI=1S/C29H34N2O5S/c1-5-20(2)31(29(33)21-8-6-9-22(16-21)34-3)18-28(32)30-14-12-27-25(13-15-37-27)26(30)19-36-24-11-7-10-23(17-24)35-4/h6-11,13,15-17,20,26H,5,12,14,18-19H2,1-4H3/t20-,26+/m0/s1. The zero-order chi connectivity index (χ0) is 26.4. The highest BCUT2D eigenvalue weighted by Crippen LogP contribution is 2.34. The number of methoxy groups -OCH3 is 2. The van der Waals surface area contributed by atoms with Gasteiger partial charge in [-0.3, -0.25) is 9.59 Å². The molecule has 0 unspecified atom stereocenters. The summed E-state index contributed by atoms with van der Waals surface area (Å²) in [6.45, 7) is 4.89. The molecule has 0 aliphatic carbocycles. The number of rotatable bonds is 10. The molecule has 37 heavy (non-hydrogen) atoms. The second kappa shape index (κ2) is 12.1. The van der Waals surface area contributed by atoms with E-state index in [-0.39, 0.29) is 30.4 Å². The molecule has 4 rings (SSSR count). The van der Waals surface area contributed by atoms with Crippen LogP contribution in [-0.4, -0.2) is 61.6 Å². The van der Waals surface area contributed by atoms with Crippen molar-refractivity contribution in [3.05, 3.63) is 76.0 Å². The molecule has 3 aromatic rings. The third-order valence-electron chi connectivity index (χ3n) is 6.87. The number of amides is 2. The van der Waals surface area contributed by atoms with Crippen molar-refractivity contribution in [2.24, 2.45) is 0 Å². The summed E-state index contributed by atoms with van der Waals surface area (Å²) in [7, 11) is 3.19. The van der Waals surface area contributed by atoms with E-state index in [4.69, 9.17) is 14.2 Å². The third kappa shape index (κ3) is 6.07. The molecule has 1 aliphatic heterocycles. The molecule has 8 heteroatoms. The summed E-state index contributed by atoms with van der Waals surface area (Å²) >= 11 is 1.71. The van der Waals surface area contributed by atoms with Crippen LogP contribution in [0.5, 0.6) is 17.2 Å². The number of benzene rings is 2. The fraction of sp³-hybridized carbons (Fsp3) is 0.379. The summed E-state index contributed by atoms with van der Waals surface area (Å²) in [5, 5.41) is 2.06. The van der Waals surface area contributed by atoms with Crippen molar-refractivity contribution in [1.82, 2.24) is 9.80 Å². The summed E-state index contributed by atoms with van der Waals surface area (Å²) in [4.78, 5) is 32.1. The smallest absolute Gasteiger partial charge is 0.254 e. The van der Waals surface area contributed by atoms with E-state index in [0.717, 1.165) is 18.4 Å². The Morgan fingerprint density at radius 3 is 2.49 bits per heavy atom. The van der Waals surface area contributed by atoms with Crippen molar-refractivity contribution in [3.8, 4) is 17.2 Å². The van der Waals surface area contributed by atoms with Crippen LogP contribution < -0.4 is 14.2 Å². The first-order valence-electron chi connectivity index (χ1n) is 12.5. The molecular weight excluding hydrogens is 488 g/mol. The Labute approximate surface area is 222 Å². The molecule has 0 saturated carbocycles. The minimum Gasteiger partial charge on any atom is -0.497 e. The lowest BCUT2D eigenvalue weighted by atomic mass is 10.00. The first-order valence-corrected chi connectivity index (χ1v) is 13.4. The van der Waals surface area contributed by atoms with Crippen molar-refractivity contribution in [2.45, 2.75) is 38.8 Å². The highest BCUT2D eigenvalue weighted by Gasteiger charge is 2.34. The number of fused-ring (bicyclic) bond motifs is 1. The van der Waals surface area contributed by atoms with Crippen molar-refractivity contribution in [1.29, 1.82) is 0 Å². The minimum absolute atomic E-state index is 0.000179. The number of thiophene rings is 1. The zero-order valence-electron chi connectivity index (χ0n) is 21.8. The predicted octanol–water partition coefficient (Wildman–Crippen LogP) is 5.21. The largest absolute Gasteiger partial charge is 0.497 e. The second-order valence-electron chi connectivity index (χ2n) is 9.06. The fourth-order valence-corrected chi connectivity index (χ4v) is 5.48. The van der Waals surface area contributed by atoms with Gasteiger partial charge in [-0.25, -0.2) is 0 Å². The average Bonchev–Trinajstić information content (AvgIpc) is 3.43. The summed E-state index contributed by atoms with van der Waals surface area (Å²) in [5.41, 5.74) is 1.62. The molecule has 0 saturated heterocycles. The van der Waals surface area contributed by atoms with Gasteiger partial charge in [-0.05, 0) is 67.1 Å². The highest BCUT2D eigenvalue weighted by atomic mass is 32.1. The van der Waals surface area contributed by atoms with Crippen LogP contribution in [0.3, 0.4) is 0 Å². The number of hydrogen-bond acceptors (Lipinski definition) is 6. The normalized spacial score (nSPS) is 15.5. The van der Waals surface area contributed by atoms with Gasteiger partial charge in [-0.1, -0.05) is 19.1 Å². The lowest BCUT2D eigenvalue weighted by molar-refractivity contribution is -0.136. The van der Waals surface area contributed by atoms with Crippen molar-refractivity contribution < 1.29 is 23.8 Å². The van der Waals surface area contributed by atoms with E-state index in [1.807, 2.05) is 43.0 Å². The van der Waals surface area contributed by atoms with Gasteiger partial charge in [0.25, 0.3) is 5.91 Å². The van der Waals surface area contributed by atoms with Gasteiger partial charge < -0.3 is 24.0 Å².